The molecule has 0 N–H and O–H groups in total. The highest BCUT2D eigenvalue weighted by Crippen LogP contribution is 2.19. The molecule has 0 spiro atoms. The van der Waals surface area contributed by atoms with Crippen molar-refractivity contribution in [1.82, 2.24) is 0 Å². The van der Waals surface area contributed by atoms with Gasteiger partial charge < -0.3 is 0 Å². The van der Waals surface area contributed by atoms with Crippen LogP contribution in [0.15, 0.2) is 35.3 Å². The standard InChI is InChI=1S/C11H10ClNO/c12-9-6-7-10(14)13-11(9)8-4-2-1-3-5-8/h1-5,9H,6-7H2. The van der Waals surface area contributed by atoms with Crippen molar-refractivity contribution in [2.45, 2.75) is 18.2 Å². The Morgan fingerprint density at radius 1 is 1.29 bits per heavy atom. The highest BCUT2D eigenvalue weighted by atomic mass is 35.5. The number of nitrogens with zero attached hydrogens (tertiary/aromatic N) is 1. The van der Waals surface area contributed by atoms with Crippen LogP contribution in [-0.4, -0.2) is 17.0 Å². The van der Waals surface area contributed by atoms with Crippen molar-refractivity contribution >= 4 is 23.2 Å². The van der Waals surface area contributed by atoms with E-state index < -0.39 is 0 Å². The summed E-state index contributed by atoms with van der Waals surface area (Å²) in [5.41, 5.74) is 1.66. The maximum Gasteiger partial charge on any atom is 0.246 e. The van der Waals surface area contributed by atoms with E-state index in [0.29, 0.717) is 18.6 Å². The van der Waals surface area contributed by atoms with E-state index in [2.05, 4.69) is 4.99 Å². The highest BCUT2D eigenvalue weighted by molar-refractivity contribution is 6.36. The Balaban J connectivity index is 2.37. The number of amides is 1. The van der Waals surface area contributed by atoms with E-state index in [-0.39, 0.29) is 11.3 Å². The topological polar surface area (TPSA) is 29.4 Å². The zero-order valence-corrected chi connectivity index (χ0v) is 8.37. The van der Waals surface area contributed by atoms with Gasteiger partial charge in [0.1, 0.15) is 0 Å². The molecule has 1 aliphatic heterocycles. The quantitative estimate of drug-likeness (QED) is 0.651. The van der Waals surface area contributed by atoms with Crippen LogP contribution in [0.4, 0.5) is 0 Å². The van der Waals surface area contributed by atoms with Crippen LogP contribution < -0.4 is 0 Å². The Morgan fingerprint density at radius 2 is 2.00 bits per heavy atom. The Labute approximate surface area is 87.6 Å². The fraction of sp³-hybridized carbons (Fsp3) is 0.273. The fourth-order valence-corrected chi connectivity index (χ4v) is 1.79. The average molecular weight is 208 g/mol. The van der Waals surface area contributed by atoms with Crippen LogP contribution in [0.1, 0.15) is 18.4 Å². The van der Waals surface area contributed by atoms with Crippen LogP contribution in [0.25, 0.3) is 0 Å². The van der Waals surface area contributed by atoms with Crippen molar-refractivity contribution in [3.8, 4) is 0 Å². The first-order chi connectivity index (χ1) is 6.77. The second-order valence-electron chi connectivity index (χ2n) is 3.26. The Kier molecular flexibility index (Phi) is 2.64. The molecule has 0 saturated heterocycles. The summed E-state index contributed by atoms with van der Waals surface area (Å²) in [5, 5.41) is -0.130. The molecule has 1 heterocycles. The first-order valence-corrected chi connectivity index (χ1v) is 5.02. The SMILES string of the molecule is O=C1CCC(Cl)C(c2ccccc2)=N1. The third-order valence-corrected chi connectivity index (χ3v) is 2.65. The summed E-state index contributed by atoms with van der Waals surface area (Å²) in [7, 11) is 0. The number of carbonyl (C=O) groups excluding carboxylic acids is 1. The Hall–Kier alpha value is -1.15. The van der Waals surface area contributed by atoms with Gasteiger partial charge in [0.05, 0.1) is 11.1 Å². The van der Waals surface area contributed by atoms with Gasteiger partial charge in [-0.3, -0.25) is 4.79 Å². The smallest absolute Gasteiger partial charge is 0.246 e. The van der Waals surface area contributed by atoms with E-state index in [9.17, 15) is 4.79 Å². The van der Waals surface area contributed by atoms with Gasteiger partial charge in [-0.15, -0.1) is 11.6 Å². The van der Waals surface area contributed by atoms with E-state index >= 15 is 0 Å². The molecule has 0 aromatic heterocycles. The molecule has 1 atom stereocenters. The van der Waals surface area contributed by atoms with E-state index in [1.807, 2.05) is 30.3 Å². The third-order valence-electron chi connectivity index (χ3n) is 2.22. The van der Waals surface area contributed by atoms with Crippen molar-refractivity contribution in [1.29, 1.82) is 0 Å². The minimum absolute atomic E-state index is 0.0687. The maximum atomic E-state index is 11.1. The lowest BCUT2D eigenvalue weighted by atomic mass is 10.0. The third kappa shape index (κ3) is 1.85. The van der Waals surface area contributed by atoms with Gasteiger partial charge in [-0.25, -0.2) is 4.99 Å². The second-order valence-corrected chi connectivity index (χ2v) is 3.79. The van der Waals surface area contributed by atoms with Gasteiger partial charge in [0.25, 0.3) is 0 Å². The van der Waals surface area contributed by atoms with E-state index in [0.717, 1.165) is 5.56 Å². The lowest BCUT2D eigenvalue weighted by molar-refractivity contribution is -0.118. The summed E-state index contributed by atoms with van der Waals surface area (Å²) < 4.78 is 0. The highest BCUT2D eigenvalue weighted by Gasteiger charge is 2.21. The van der Waals surface area contributed by atoms with E-state index in [4.69, 9.17) is 11.6 Å². The number of carbonyl (C=O) groups is 1. The Bertz CT molecular complexity index is 372. The van der Waals surface area contributed by atoms with Gasteiger partial charge in [0, 0.05) is 6.42 Å². The van der Waals surface area contributed by atoms with Gasteiger partial charge in [-0.1, -0.05) is 30.3 Å². The molecule has 3 heteroatoms. The molecule has 0 radical (unpaired) electrons. The van der Waals surface area contributed by atoms with Gasteiger partial charge in [0.15, 0.2) is 0 Å². The lowest BCUT2D eigenvalue weighted by Gasteiger charge is -2.16. The molecule has 1 aliphatic rings. The van der Waals surface area contributed by atoms with Crippen molar-refractivity contribution in [2.24, 2.45) is 4.99 Å². The summed E-state index contributed by atoms with van der Waals surface area (Å²) >= 11 is 6.10. The van der Waals surface area contributed by atoms with Crippen LogP contribution in [-0.2, 0) is 4.79 Å². The molecule has 2 rings (SSSR count). The number of halogens is 1. The second kappa shape index (κ2) is 3.93. The summed E-state index contributed by atoms with van der Waals surface area (Å²) in [6, 6.07) is 9.61. The van der Waals surface area contributed by atoms with E-state index in [1.165, 1.54) is 0 Å². The molecule has 72 valence electrons. The molecule has 0 bridgehead atoms. The number of benzene rings is 1. The van der Waals surface area contributed by atoms with Gasteiger partial charge in [-0.2, -0.15) is 0 Å². The number of aliphatic imine (C=N–C) groups is 1. The molecule has 1 unspecified atom stereocenters. The number of alkyl halides is 1. The van der Waals surface area contributed by atoms with Crippen LogP contribution in [0, 0.1) is 0 Å². The molecular weight excluding hydrogens is 198 g/mol. The van der Waals surface area contributed by atoms with Crippen molar-refractivity contribution < 1.29 is 4.79 Å². The molecule has 14 heavy (non-hydrogen) atoms. The summed E-state index contributed by atoms with van der Waals surface area (Å²) in [4.78, 5) is 15.1. The zero-order valence-electron chi connectivity index (χ0n) is 7.61. The molecule has 1 aromatic rings. The molecular formula is C11H10ClNO. The Morgan fingerprint density at radius 3 is 2.71 bits per heavy atom. The molecule has 1 amide bonds. The zero-order chi connectivity index (χ0) is 9.97. The largest absolute Gasteiger partial charge is 0.273 e. The molecule has 0 aliphatic carbocycles. The van der Waals surface area contributed by atoms with Crippen LogP contribution in [0.5, 0.6) is 0 Å². The number of hydrogen-bond acceptors (Lipinski definition) is 1. The van der Waals surface area contributed by atoms with Gasteiger partial charge in [0.2, 0.25) is 5.91 Å². The van der Waals surface area contributed by atoms with Crippen molar-refractivity contribution in [2.75, 3.05) is 0 Å². The number of hydrogen-bond donors (Lipinski definition) is 0. The monoisotopic (exact) mass is 207 g/mol. The van der Waals surface area contributed by atoms with Crippen LogP contribution in [0.2, 0.25) is 0 Å². The first-order valence-electron chi connectivity index (χ1n) is 4.58. The van der Waals surface area contributed by atoms with Crippen LogP contribution >= 0.6 is 11.6 Å². The summed E-state index contributed by atoms with van der Waals surface area (Å²) in [6.45, 7) is 0. The minimum Gasteiger partial charge on any atom is -0.273 e. The molecule has 1 aromatic carbocycles. The maximum absolute atomic E-state index is 11.1. The fourth-order valence-electron chi connectivity index (χ4n) is 1.50. The minimum atomic E-state index is -0.130. The predicted octanol–water partition coefficient (Wildman–Crippen LogP) is 2.40. The lowest BCUT2D eigenvalue weighted by Crippen LogP contribution is -2.23. The van der Waals surface area contributed by atoms with Crippen molar-refractivity contribution in [3.63, 3.8) is 0 Å². The molecule has 0 fully saturated rings. The first kappa shape index (κ1) is 9.41. The van der Waals surface area contributed by atoms with Crippen LogP contribution in [0.3, 0.4) is 0 Å². The summed E-state index contributed by atoms with van der Waals surface area (Å²) in [6.07, 6.45) is 1.15. The normalized spacial score (nSPS) is 21.9. The average Bonchev–Trinajstić information content (AvgIpc) is 2.23. The summed E-state index contributed by atoms with van der Waals surface area (Å²) in [5.74, 6) is -0.0687. The van der Waals surface area contributed by atoms with Crippen molar-refractivity contribution in [3.05, 3.63) is 35.9 Å². The predicted molar refractivity (Wildman–Crippen MR) is 56.9 cm³/mol. The number of rotatable bonds is 1. The molecule has 0 saturated carbocycles. The van der Waals surface area contributed by atoms with E-state index in [1.54, 1.807) is 0 Å². The van der Waals surface area contributed by atoms with Gasteiger partial charge >= 0.3 is 0 Å². The molecule has 2 nitrogen and oxygen atoms in total. The van der Waals surface area contributed by atoms with Gasteiger partial charge in [-0.05, 0) is 12.0 Å².